The fourth-order valence-corrected chi connectivity index (χ4v) is 15.5. The molecule has 4 heteroatoms. The molecule has 0 N–H and O–H groups in total. The van der Waals surface area contributed by atoms with Gasteiger partial charge in [-0.3, -0.25) is 0 Å². The summed E-state index contributed by atoms with van der Waals surface area (Å²) in [6.45, 7) is 9.75. The second-order valence-corrected chi connectivity index (χ2v) is 17.1. The number of hydrogen-bond donors (Lipinski definition) is 0. The van der Waals surface area contributed by atoms with Crippen LogP contribution in [0, 0.1) is 0 Å². The zero-order valence-corrected chi connectivity index (χ0v) is 17.0. The van der Waals surface area contributed by atoms with E-state index in [1.807, 2.05) is 7.76 Å². The van der Waals surface area contributed by atoms with Gasteiger partial charge < -0.3 is 24.8 Å². The van der Waals surface area contributed by atoms with Gasteiger partial charge in [-0.05, 0) is 0 Å². The van der Waals surface area contributed by atoms with Crippen LogP contribution >= 0.6 is 0 Å². The number of hydrogen-bond acceptors (Lipinski definition) is 0. The average molecular weight is 363 g/mol. The minimum Gasteiger partial charge on any atom is -1.00 e. The van der Waals surface area contributed by atoms with Crippen molar-refractivity contribution in [2.75, 3.05) is 0 Å². The van der Waals surface area contributed by atoms with Crippen LogP contribution in [0.2, 0.25) is 13.1 Å². The SMILES string of the molecule is CCC1=[C]([Ti+2]([C]2=C(CC)C=CC2)=[Si](C)C)CC=C1.[Cl-].[Cl-]. The molecule has 0 radical (unpaired) electrons. The smallest absolute Gasteiger partial charge is 1.00 e. The molecule has 2 aliphatic carbocycles. The summed E-state index contributed by atoms with van der Waals surface area (Å²) in [6.07, 6.45) is 14.5. The van der Waals surface area contributed by atoms with Crippen molar-refractivity contribution in [3.05, 3.63) is 43.2 Å². The predicted octanol–water partition coefficient (Wildman–Crippen LogP) is -0.888. The van der Waals surface area contributed by atoms with Gasteiger partial charge in [0.1, 0.15) is 0 Å². The maximum atomic E-state index is 2.55. The molecule has 0 bridgehead atoms. The molecule has 0 saturated heterocycles. The third-order valence-electron chi connectivity index (χ3n) is 3.92. The molecular weight excluding hydrogens is 339 g/mol. The average Bonchev–Trinajstić information content (AvgIpc) is 2.97. The molecule has 0 atom stereocenters. The molecule has 0 nitrogen and oxygen atoms in total. The van der Waals surface area contributed by atoms with Crippen LogP contribution in [0.25, 0.3) is 0 Å². The van der Waals surface area contributed by atoms with E-state index >= 15 is 0 Å². The van der Waals surface area contributed by atoms with Crippen LogP contribution in [-0.4, -0.2) is 6.19 Å². The summed E-state index contributed by atoms with van der Waals surface area (Å²) >= 11 is -1.15. The standard InChI is InChI=1S/2C7H9.C2H6Si.2ClH.Ti/c2*1-2-7-5-3-4-6-7;1-3-2;;;/h2*3,5H,2,4H2,1H3;1-2H3;2*1H;/q;;;;;+2/p-2. The van der Waals surface area contributed by atoms with Crippen molar-refractivity contribution in [3.63, 3.8) is 0 Å². The van der Waals surface area contributed by atoms with Crippen LogP contribution in [0.15, 0.2) is 43.2 Å². The van der Waals surface area contributed by atoms with E-state index in [9.17, 15) is 0 Å². The summed E-state index contributed by atoms with van der Waals surface area (Å²) < 4.78 is 3.81. The molecule has 20 heavy (non-hydrogen) atoms. The number of rotatable bonds is 4. The maximum Gasteiger partial charge on any atom is -1.00 e. The third kappa shape index (κ3) is 4.24. The molecule has 110 valence electrons. The Labute approximate surface area is 143 Å². The molecule has 2 rings (SSSR count). The van der Waals surface area contributed by atoms with E-state index in [1.165, 1.54) is 25.7 Å². The van der Waals surface area contributed by atoms with Crippen molar-refractivity contribution in [2.45, 2.75) is 52.6 Å². The van der Waals surface area contributed by atoms with Gasteiger partial charge in [-0.2, -0.15) is 0 Å². The molecule has 0 aromatic carbocycles. The Morgan fingerprint density at radius 2 is 1.30 bits per heavy atom. The van der Waals surface area contributed by atoms with E-state index in [1.54, 1.807) is 11.1 Å². The first-order valence-corrected chi connectivity index (χ1v) is 13.5. The molecule has 0 aromatic heterocycles. The Morgan fingerprint density at radius 3 is 1.60 bits per heavy atom. The van der Waals surface area contributed by atoms with Crippen LogP contribution < -0.4 is 24.8 Å². The Kier molecular flexibility index (Phi) is 9.70. The molecule has 2 aliphatic rings. The first-order chi connectivity index (χ1) is 8.69. The molecular formula is C16H24Cl2SiTi. The Morgan fingerprint density at radius 1 is 0.900 bits per heavy atom. The fraction of sp³-hybridized carbons (Fsp3) is 0.500. The Balaban J connectivity index is 0.00000180. The van der Waals surface area contributed by atoms with Crippen LogP contribution in [0.3, 0.4) is 0 Å². The van der Waals surface area contributed by atoms with Gasteiger partial charge in [0.15, 0.2) is 0 Å². The summed E-state index contributed by atoms with van der Waals surface area (Å²) in [5.74, 6) is 0. The largest absolute Gasteiger partial charge is 1.00 e. The summed E-state index contributed by atoms with van der Waals surface area (Å²) in [5, 5.41) is 0. The quantitative estimate of drug-likeness (QED) is 0.569. The molecule has 0 aromatic rings. The van der Waals surface area contributed by atoms with E-state index in [0.717, 1.165) is 0 Å². The predicted molar refractivity (Wildman–Crippen MR) is 79.6 cm³/mol. The summed E-state index contributed by atoms with van der Waals surface area (Å²) in [6, 6.07) is 0. The molecule has 0 amide bonds. The van der Waals surface area contributed by atoms with Crippen LogP contribution in [0.5, 0.6) is 0 Å². The molecule has 0 spiro atoms. The van der Waals surface area contributed by atoms with E-state index in [0.29, 0.717) is 0 Å². The van der Waals surface area contributed by atoms with Crippen molar-refractivity contribution in [3.8, 4) is 0 Å². The summed E-state index contributed by atoms with van der Waals surface area (Å²) in [4.78, 5) is 0. The zero-order chi connectivity index (χ0) is 13.1. The van der Waals surface area contributed by atoms with Gasteiger partial charge in [0, 0.05) is 0 Å². The van der Waals surface area contributed by atoms with E-state index in [-0.39, 0.29) is 31.0 Å². The normalized spacial score (nSPS) is 15.9. The third-order valence-corrected chi connectivity index (χ3v) is 15.6. The van der Waals surface area contributed by atoms with Gasteiger partial charge in [-0.15, -0.1) is 0 Å². The number of halogens is 2. The van der Waals surface area contributed by atoms with Crippen molar-refractivity contribution >= 4 is 6.19 Å². The van der Waals surface area contributed by atoms with Crippen molar-refractivity contribution in [2.24, 2.45) is 0 Å². The minimum absolute atomic E-state index is 0. The Bertz CT molecular complexity index is 467. The first-order valence-electron chi connectivity index (χ1n) is 7.14. The van der Waals surface area contributed by atoms with Crippen LogP contribution in [-0.2, 0) is 16.6 Å². The molecule has 0 unspecified atom stereocenters. The van der Waals surface area contributed by atoms with Crippen LogP contribution in [0.4, 0.5) is 0 Å². The van der Waals surface area contributed by atoms with E-state index in [4.69, 9.17) is 0 Å². The van der Waals surface area contributed by atoms with Gasteiger partial charge >= 0.3 is 119 Å². The second-order valence-electron chi connectivity index (χ2n) is 5.30. The topological polar surface area (TPSA) is 0 Å². The Hall–Kier alpha value is 0.471. The second kappa shape index (κ2) is 9.48. The monoisotopic (exact) mass is 362 g/mol. The molecule has 0 heterocycles. The van der Waals surface area contributed by atoms with Gasteiger partial charge in [-0.1, -0.05) is 0 Å². The van der Waals surface area contributed by atoms with Crippen molar-refractivity contribution in [1.29, 1.82) is 0 Å². The maximum absolute atomic E-state index is 2.55. The van der Waals surface area contributed by atoms with Crippen molar-refractivity contribution < 1.29 is 41.4 Å². The first kappa shape index (κ1) is 20.5. The molecule has 0 aliphatic heterocycles. The van der Waals surface area contributed by atoms with Gasteiger partial charge in [0.25, 0.3) is 0 Å². The minimum atomic E-state index is -1.15. The van der Waals surface area contributed by atoms with Gasteiger partial charge in [-0.25, -0.2) is 0 Å². The van der Waals surface area contributed by atoms with Gasteiger partial charge in [0.05, 0.1) is 0 Å². The summed E-state index contributed by atoms with van der Waals surface area (Å²) in [7, 11) is 0. The summed E-state index contributed by atoms with van der Waals surface area (Å²) in [5.41, 5.74) is 3.37. The number of allylic oxidation sites excluding steroid dienone is 8. The zero-order valence-electron chi connectivity index (χ0n) is 12.9. The fourth-order valence-electron chi connectivity index (χ4n) is 3.07. The molecule has 0 saturated carbocycles. The van der Waals surface area contributed by atoms with E-state index < -0.39 is 16.6 Å². The van der Waals surface area contributed by atoms with E-state index in [2.05, 4.69) is 51.2 Å². The van der Waals surface area contributed by atoms with Crippen LogP contribution in [0.1, 0.15) is 39.5 Å². The molecule has 0 fully saturated rings. The van der Waals surface area contributed by atoms with Gasteiger partial charge in [0.2, 0.25) is 0 Å². The van der Waals surface area contributed by atoms with Crippen molar-refractivity contribution in [1.82, 2.24) is 0 Å².